The quantitative estimate of drug-likeness (QED) is 0.686. The Bertz CT molecular complexity index is 264. The normalized spacial score (nSPS) is 13.1. The molecule has 1 aromatic rings. The Kier molecular flexibility index (Phi) is 4.51. The minimum atomic E-state index is -0.615. The van der Waals surface area contributed by atoms with Gasteiger partial charge in [-0.3, -0.25) is 0 Å². The lowest BCUT2D eigenvalue weighted by Gasteiger charge is -2.04. The summed E-state index contributed by atoms with van der Waals surface area (Å²) >= 11 is 0. The van der Waals surface area contributed by atoms with E-state index in [9.17, 15) is 5.11 Å². The van der Waals surface area contributed by atoms with Crippen molar-refractivity contribution in [3.8, 4) is 0 Å². The van der Waals surface area contributed by atoms with Crippen LogP contribution >= 0.6 is 0 Å². The van der Waals surface area contributed by atoms with Gasteiger partial charge in [0.2, 0.25) is 5.89 Å². The summed E-state index contributed by atoms with van der Waals surface area (Å²) in [4.78, 5) is 4.00. The molecule has 0 saturated heterocycles. The van der Waals surface area contributed by atoms with Gasteiger partial charge < -0.3 is 19.1 Å². The highest BCUT2D eigenvalue weighted by Crippen LogP contribution is 2.02. The van der Waals surface area contributed by atoms with Gasteiger partial charge in [-0.1, -0.05) is 5.16 Å². The number of nitrogens with zero attached hydrogens (tertiary/aromatic N) is 2. The minimum absolute atomic E-state index is 0.252. The monoisotopic (exact) mass is 202 g/mol. The highest BCUT2D eigenvalue weighted by molar-refractivity contribution is 4.86. The molecule has 6 nitrogen and oxygen atoms in total. The molecule has 0 aliphatic rings. The number of rotatable bonds is 6. The van der Waals surface area contributed by atoms with Crippen LogP contribution < -0.4 is 0 Å². The summed E-state index contributed by atoms with van der Waals surface area (Å²) in [6.07, 6.45) is -0.319. The first-order chi connectivity index (χ1) is 6.76. The Labute approximate surface area is 81.8 Å². The van der Waals surface area contributed by atoms with Crippen LogP contribution in [0.1, 0.15) is 11.7 Å². The van der Waals surface area contributed by atoms with Gasteiger partial charge in [0.1, 0.15) is 6.61 Å². The maximum absolute atomic E-state index is 9.36. The molecule has 0 amide bonds. The van der Waals surface area contributed by atoms with E-state index in [1.165, 1.54) is 7.11 Å². The molecule has 1 heterocycles. The largest absolute Gasteiger partial charge is 0.390 e. The molecule has 80 valence electrons. The second kappa shape index (κ2) is 5.69. The Morgan fingerprint density at radius 3 is 2.86 bits per heavy atom. The van der Waals surface area contributed by atoms with Crippen molar-refractivity contribution in [2.75, 3.05) is 20.8 Å². The van der Waals surface area contributed by atoms with Crippen LogP contribution in [-0.4, -0.2) is 42.2 Å². The zero-order chi connectivity index (χ0) is 10.4. The molecule has 0 aliphatic heterocycles. The van der Waals surface area contributed by atoms with Gasteiger partial charge >= 0.3 is 0 Å². The number of ether oxygens (including phenoxy) is 2. The van der Waals surface area contributed by atoms with Crippen molar-refractivity contribution in [1.82, 2.24) is 10.1 Å². The summed E-state index contributed by atoms with van der Waals surface area (Å²) in [5, 5.41) is 13.0. The molecule has 6 heteroatoms. The molecule has 0 spiro atoms. The molecule has 14 heavy (non-hydrogen) atoms. The third-order valence-corrected chi connectivity index (χ3v) is 1.55. The zero-order valence-electron chi connectivity index (χ0n) is 8.27. The second-order valence-electron chi connectivity index (χ2n) is 2.85. The predicted molar refractivity (Wildman–Crippen MR) is 46.6 cm³/mol. The standard InChI is InChI=1S/C8H14N2O4/c1-12-4-6(11)3-8-9-7(5-13-2)10-14-8/h6,11H,3-5H2,1-2H3. The van der Waals surface area contributed by atoms with Gasteiger partial charge in [0.05, 0.1) is 19.1 Å². The summed E-state index contributed by atoms with van der Waals surface area (Å²) in [5.41, 5.74) is 0. The van der Waals surface area contributed by atoms with E-state index in [1.807, 2.05) is 0 Å². The average molecular weight is 202 g/mol. The van der Waals surface area contributed by atoms with Gasteiger partial charge in [-0.15, -0.1) is 0 Å². The number of aromatic nitrogens is 2. The van der Waals surface area contributed by atoms with E-state index in [0.29, 0.717) is 24.7 Å². The van der Waals surface area contributed by atoms with E-state index in [-0.39, 0.29) is 6.61 Å². The fraction of sp³-hybridized carbons (Fsp3) is 0.750. The van der Waals surface area contributed by atoms with Crippen LogP contribution in [0, 0.1) is 0 Å². The van der Waals surface area contributed by atoms with E-state index < -0.39 is 6.10 Å². The van der Waals surface area contributed by atoms with E-state index >= 15 is 0 Å². The summed E-state index contributed by atoms with van der Waals surface area (Å²) in [6.45, 7) is 0.561. The molecule has 0 radical (unpaired) electrons. The number of aliphatic hydroxyl groups excluding tert-OH is 1. The maximum Gasteiger partial charge on any atom is 0.229 e. The molecule has 1 aromatic heterocycles. The van der Waals surface area contributed by atoms with Gasteiger partial charge in [-0.2, -0.15) is 4.98 Å². The van der Waals surface area contributed by atoms with Crippen molar-refractivity contribution in [2.24, 2.45) is 0 Å². The van der Waals surface area contributed by atoms with E-state index in [0.717, 1.165) is 0 Å². The molecule has 1 atom stereocenters. The molecule has 0 aromatic carbocycles. The van der Waals surface area contributed by atoms with Crippen LogP contribution in [-0.2, 0) is 22.5 Å². The fourth-order valence-corrected chi connectivity index (χ4v) is 1.01. The zero-order valence-corrected chi connectivity index (χ0v) is 8.27. The van der Waals surface area contributed by atoms with Gasteiger partial charge in [-0.25, -0.2) is 0 Å². The number of hydrogen-bond acceptors (Lipinski definition) is 6. The Morgan fingerprint density at radius 2 is 2.21 bits per heavy atom. The molecule has 0 saturated carbocycles. The summed E-state index contributed by atoms with van der Waals surface area (Å²) in [6, 6.07) is 0. The third kappa shape index (κ3) is 3.41. The Balaban J connectivity index is 2.42. The van der Waals surface area contributed by atoms with Crippen LogP contribution in [0.15, 0.2) is 4.52 Å². The van der Waals surface area contributed by atoms with Crippen molar-refractivity contribution >= 4 is 0 Å². The van der Waals surface area contributed by atoms with Gasteiger partial charge in [0.15, 0.2) is 5.82 Å². The molecule has 0 aliphatic carbocycles. The third-order valence-electron chi connectivity index (χ3n) is 1.55. The smallest absolute Gasteiger partial charge is 0.229 e. The van der Waals surface area contributed by atoms with Gasteiger partial charge in [0.25, 0.3) is 0 Å². The van der Waals surface area contributed by atoms with Crippen LogP contribution in [0.3, 0.4) is 0 Å². The average Bonchev–Trinajstić information content (AvgIpc) is 2.53. The van der Waals surface area contributed by atoms with E-state index in [1.54, 1.807) is 7.11 Å². The van der Waals surface area contributed by atoms with Gasteiger partial charge in [-0.05, 0) is 0 Å². The topological polar surface area (TPSA) is 77.6 Å². The van der Waals surface area contributed by atoms with E-state index in [2.05, 4.69) is 10.1 Å². The summed E-state index contributed by atoms with van der Waals surface area (Å²) < 4.78 is 14.5. The molecular formula is C8H14N2O4. The molecule has 1 N–H and O–H groups in total. The highest BCUT2D eigenvalue weighted by Gasteiger charge is 2.11. The van der Waals surface area contributed by atoms with Crippen molar-refractivity contribution in [1.29, 1.82) is 0 Å². The van der Waals surface area contributed by atoms with Crippen LogP contribution in [0.4, 0.5) is 0 Å². The highest BCUT2D eigenvalue weighted by atomic mass is 16.5. The minimum Gasteiger partial charge on any atom is -0.390 e. The fourth-order valence-electron chi connectivity index (χ4n) is 1.01. The van der Waals surface area contributed by atoms with E-state index in [4.69, 9.17) is 14.0 Å². The number of aliphatic hydroxyl groups is 1. The summed E-state index contributed by atoms with van der Waals surface area (Å²) in [5.74, 6) is 0.869. The molecular weight excluding hydrogens is 188 g/mol. The predicted octanol–water partition coefficient (Wildman–Crippen LogP) is -0.234. The lowest BCUT2D eigenvalue weighted by atomic mass is 10.3. The number of hydrogen-bond donors (Lipinski definition) is 1. The molecule has 1 rings (SSSR count). The first kappa shape index (κ1) is 11.1. The lowest BCUT2D eigenvalue weighted by Crippen LogP contribution is -2.17. The molecule has 0 fully saturated rings. The SMILES string of the molecule is COCc1noc(CC(O)COC)n1. The van der Waals surface area contributed by atoms with Crippen LogP contribution in [0.5, 0.6) is 0 Å². The molecule has 1 unspecified atom stereocenters. The first-order valence-electron chi connectivity index (χ1n) is 4.23. The first-order valence-corrected chi connectivity index (χ1v) is 4.23. The maximum atomic E-state index is 9.36. The Morgan fingerprint density at radius 1 is 1.43 bits per heavy atom. The van der Waals surface area contributed by atoms with Crippen molar-refractivity contribution in [3.05, 3.63) is 11.7 Å². The van der Waals surface area contributed by atoms with Crippen LogP contribution in [0.25, 0.3) is 0 Å². The van der Waals surface area contributed by atoms with Gasteiger partial charge in [0, 0.05) is 14.2 Å². The van der Waals surface area contributed by atoms with Crippen molar-refractivity contribution in [3.63, 3.8) is 0 Å². The van der Waals surface area contributed by atoms with Crippen LogP contribution in [0.2, 0.25) is 0 Å². The lowest BCUT2D eigenvalue weighted by molar-refractivity contribution is 0.0599. The number of methoxy groups -OCH3 is 2. The van der Waals surface area contributed by atoms with Crippen molar-refractivity contribution < 1.29 is 19.1 Å². The second-order valence-corrected chi connectivity index (χ2v) is 2.85. The molecule has 0 bridgehead atoms. The Hall–Kier alpha value is -0.980. The summed E-state index contributed by atoms with van der Waals surface area (Å²) in [7, 11) is 3.07. The van der Waals surface area contributed by atoms with Crippen molar-refractivity contribution in [2.45, 2.75) is 19.1 Å².